The largest absolute Gasteiger partial charge is 0.417 e. The second-order valence-electron chi connectivity index (χ2n) is 7.52. The Morgan fingerprint density at radius 2 is 1.97 bits per heavy atom. The van der Waals surface area contributed by atoms with Crippen molar-refractivity contribution in [2.45, 2.75) is 25.6 Å². The first-order valence-corrected chi connectivity index (χ1v) is 10.2. The number of nitrogens with zero attached hydrogens (tertiary/aromatic N) is 3. The Balaban J connectivity index is 1.89. The van der Waals surface area contributed by atoms with Gasteiger partial charge in [-0.3, -0.25) is 14.7 Å². The second-order valence-corrected chi connectivity index (χ2v) is 8.52. The molecule has 162 valence electrons. The van der Waals surface area contributed by atoms with E-state index < -0.39 is 23.2 Å². The third-order valence-corrected chi connectivity index (χ3v) is 5.94. The number of halogens is 3. The third-order valence-electron chi connectivity index (χ3n) is 4.67. The number of pyridine rings is 1. The van der Waals surface area contributed by atoms with Crippen LogP contribution in [0.3, 0.4) is 0 Å². The van der Waals surface area contributed by atoms with Crippen molar-refractivity contribution in [2.24, 2.45) is 0 Å². The number of rotatable bonds is 3. The van der Waals surface area contributed by atoms with Crippen LogP contribution < -0.4 is 10.2 Å². The van der Waals surface area contributed by atoms with E-state index in [0.29, 0.717) is 37.7 Å². The van der Waals surface area contributed by atoms with Crippen LogP contribution >= 0.6 is 11.3 Å². The van der Waals surface area contributed by atoms with Crippen molar-refractivity contribution in [1.29, 1.82) is 0 Å². The third kappa shape index (κ3) is 4.86. The molecule has 2 N–H and O–H groups in total. The summed E-state index contributed by atoms with van der Waals surface area (Å²) in [6.07, 6.45) is -3.44. The van der Waals surface area contributed by atoms with Gasteiger partial charge in [-0.15, -0.1) is 11.3 Å². The van der Waals surface area contributed by atoms with E-state index in [-0.39, 0.29) is 15.8 Å². The Hall–Kier alpha value is -2.35. The van der Waals surface area contributed by atoms with Gasteiger partial charge in [0.1, 0.15) is 16.2 Å². The Morgan fingerprint density at radius 1 is 1.30 bits per heavy atom. The standard InChI is InChI=1S/C20H23F3N4O2S/c1-19(2,29)6-4-8-26-9-11-27(12-10-26)18-14(17(28)24-3)15-16(30-18)13(5-7-25-15)20(21,22)23/h5,7,29H,8-12H2,1-3H3,(H,24,28). The molecule has 3 rings (SSSR count). The summed E-state index contributed by atoms with van der Waals surface area (Å²) in [5.41, 5.74) is -1.58. The molecule has 0 saturated carbocycles. The lowest BCUT2D eigenvalue weighted by Gasteiger charge is -2.34. The predicted molar refractivity (Wildman–Crippen MR) is 111 cm³/mol. The van der Waals surface area contributed by atoms with Gasteiger partial charge < -0.3 is 15.3 Å². The molecule has 2 aromatic heterocycles. The highest BCUT2D eigenvalue weighted by Crippen LogP contribution is 2.43. The summed E-state index contributed by atoms with van der Waals surface area (Å²) in [5, 5.41) is 12.7. The number of aromatic nitrogens is 1. The first kappa shape index (κ1) is 22.3. The maximum atomic E-state index is 13.5. The minimum atomic E-state index is -4.53. The molecule has 1 fully saturated rings. The number of carbonyl (C=O) groups excluding carboxylic acids is 1. The van der Waals surface area contributed by atoms with Crippen LogP contribution in [0.1, 0.15) is 29.8 Å². The van der Waals surface area contributed by atoms with Crippen LogP contribution in [0.15, 0.2) is 12.3 Å². The van der Waals surface area contributed by atoms with Gasteiger partial charge in [-0.25, -0.2) is 0 Å². The lowest BCUT2D eigenvalue weighted by molar-refractivity contribution is -0.136. The molecule has 1 aliphatic heterocycles. The van der Waals surface area contributed by atoms with Crippen LogP contribution in [0.25, 0.3) is 10.2 Å². The number of piperazine rings is 1. The Morgan fingerprint density at radius 3 is 2.53 bits per heavy atom. The maximum absolute atomic E-state index is 13.5. The van der Waals surface area contributed by atoms with Gasteiger partial charge >= 0.3 is 6.18 Å². The topological polar surface area (TPSA) is 68.7 Å². The van der Waals surface area contributed by atoms with Crippen LogP contribution in [0.5, 0.6) is 0 Å². The molecule has 0 bridgehead atoms. The van der Waals surface area contributed by atoms with E-state index in [0.717, 1.165) is 23.6 Å². The van der Waals surface area contributed by atoms with Crippen molar-refractivity contribution in [1.82, 2.24) is 15.2 Å². The maximum Gasteiger partial charge on any atom is 0.417 e. The molecule has 2 aromatic rings. The van der Waals surface area contributed by atoms with Crippen molar-refractivity contribution < 1.29 is 23.1 Å². The SMILES string of the molecule is CNC(=O)c1c(N2CCN(CC#CC(C)(C)O)CC2)sc2c(C(F)(F)F)ccnc12. The number of thiophene rings is 1. The summed E-state index contributed by atoms with van der Waals surface area (Å²) in [5.74, 6) is 5.25. The number of aliphatic hydroxyl groups is 1. The first-order chi connectivity index (χ1) is 14.0. The molecule has 0 aromatic carbocycles. The molecule has 3 heterocycles. The number of amides is 1. The molecule has 1 amide bonds. The van der Waals surface area contributed by atoms with Gasteiger partial charge in [0.2, 0.25) is 0 Å². The zero-order chi connectivity index (χ0) is 22.1. The molecule has 0 radical (unpaired) electrons. The van der Waals surface area contributed by atoms with E-state index in [1.54, 1.807) is 13.8 Å². The van der Waals surface area contributed by atoms with Gasteiger partial charge in [-0.2, -0.15) is 13.2 Å². The van der Waals surface area contributed by atoms with Gasteiger partial charge in [0.25, 0.3) is 5.91 Å². The van der Waals surface area contributed by atoms with E-state index in [1.165, 1.54) is 7.05 Å². The van der Waals surface area contributed by atoms with Gasteiger partial charge in [0.15, 0.2) is 0 Å². The Labute approximate surface area is 176 Å². The minimum Gasteiger partial charge on any atom is -0.378 e. The molecule has 0 aliphatic carbocycles. The normalized spacial score (nSPS) is 15.8. The number of alkyl halides is 3. The summed E-state index contributed by atoms with van der Waals surface area (Å²) >= 11 is 0.953. The number of hydrogen-bond acceptors (Lipinski definition) is 6. The van der Waals surface area contributed by atoms with E-state index in [4.69, 9.17) is 0 Å². The lowest BCUT2D eigenvalue weighted by Crippen LogP contribution is -2.46. The van der Waals surface area contributed by atoms with Crippen molar-refractivity contribution in [3.05, 3.63) is 23.4 Å². The molecule has 0 spiro atoms. The molecule has 0 atom stereocenters. The van der Waals surface area contributed by atoms with Gasteiger partial charge in [0, 0.05) is 39.4 Å². The number of carbonyl (C=O) groups is 1. The predicted octanol–water partition coefficient (Wildman–Crippen LogP) is 2.57. The monoisotopic (exact) mass is 440 g/mol. The summed E-state index contributed by atoms with van der Waals surface area (Å²) in [6.45, 7) is 6.09. The molecule has 1 aliphatic rings. The molecule has 1 saturated heterocycles. The molecule has 10 heteroatoms. The van der Waals surface area contributed by atoms with Gasteiger partial charge in [-0.05, 0) is 19.9 Å². The molecular formula is C20H23F3N4O2S. The molecular weight excluding hydrogens is 417 g/mol. The fourth-order valence-corrected chi connectivity index (χ4v) is 4.57. The zero-order valence-electron chi connectivity index (χ0n) is 16.9. The Bertz CT molecular complexity index is 994. The number of nitrogens with one attached hydrogen (secondary N) is 1. The van der Waals surface area contributed by atoms with E-state index in [2.05, 4.69) is 27.0 Å². The molecule has 30 heavy (non-hydrogen) atoms. The molecule has 0 unspecified atom stereocenters. The number of fused-ring (bicyclic) bond motifs is 1. The Kier molecular flexibility index (Phi) is 6.26. The average Bonchev–Trinajstić information content (AvgIpc) is 3.05. The van der Waals surface area contributed by atoms with Crippen LogP contribution in [-0.4, -0.2) is 66.3 Å². The van der Waals surface area contributed by atoms with Crippen molar-refractivity contribution >= 4 is 32.5 Å². The van der Waals surface area contributed by atoms with Crippen LogP contribution in [-0.2, 0) is 6.18 Å². The van der Waals surface area contributed by atoms with Crippen molar-refractivity contribution in [2.75, 3.05) is 44.7 Å². The average molecular weight is 440 g/mol. The van der Waals surface area contributed by atoms with Crippen LogP contribution in [0, 0.1) is 11.8 Å². The van der Waals surface area contributed by atoms with Crippen molar-refractivity contribution in [3.8, 4) is 11.8 Å². The van der Waals surface area contributed by atoms with Crippen molar-refractivity contribution in [3.63, 3.8) is 0 Å². The fraction of sp³-hybridized carbons (Fsp3) is 0.500. The number of hydrogen-bond donors (Lipinski definition) is 2. The van der Waals surface area contributed by atoms with E-state index in [1.807, 2.05) is 4.90 Å². The zero-order valence-corrected chi connectivity index (χ0v) is 17.7. The highest BCUT2D eigenvalue weighted by molar-refractivity contribution is 7.23. The second kappa shape index (κ2) is 8.41. The van der Waals surface area contributed by atoms with E-state index >= 15 is 0 Å². The van der Waals surface area contributed by atoms with Gasteiger partial charge in [0.05, 0.1) is 22.3 Å². The lowest BCUT2D eigenvalue weighted by atomic mass is 10.1. The summed E-state index contributed by atoms with van der Waals surface area (Å²) < 4.78 is 40.4. The minimum absolute atomic E-state index is 0.0305. The summed E-state index contributed by atoms with van der Waals surface area (Å²) in [6, 6.07) is 0.940. The van der Waals surface area contributed by atoms with Crippen LogP contribution in [0.4, 0.5) is 18.2 Å². The highest BCUT2D eigenvalue weighted by atomic mass is 32.1. The first-order valence-electron chi connectivity index (χ1n) is 9.42. The fourth-order valence-electron chi connectivity index (χ4n) is 3.23. The smallest absolute Gasteiger partial charge is 0.378 e. The van der Waals surface area contributed by atoms with E-state index in [9.17, 15) is 23.1 Å². The quantitative estimate of drug-likeness (QED) is 0.719. The summed E-state index contributed by atoms with van der Waals surface area (Å²) in [4.78, 5) is 20.6. The van der Waals surface area contributed by atoms with Gasteiger partial charge in [-0.1, -0.05) is 11.8 Å². The number of anilines is 1. The van der Waals surface area contributed by atoms with Crippen LogP contribution in [0.2, 0.25) is 0 Å². The summed E-state index contributed by atoms with van der Waals surface area (Å²) in [7, 11) is 1.45. The molecule has 6 nitrogen and oxygen atoms in total. The highest BCUT2D eigenvalue weighted by Gasteiger charge is 2.36.